The minimum Gasteiger partial charge on any atom is -0.453 e. The zero-order valence-electron chi connectivity index (χ0n) is 8.41. The van der Waals surface area contributed by atoms with Crippen molar-refractivity contribution in [3.63, 3.8) is 0 Å². The number of hydrogen-bond donors (Lipinski definition) is 0. The zero-order valence-corrected chi connectivity index (χ0v) is 8.41. The lowest BCUT2D eigenvalue weighted by molar-refractivity contribution is -0.156. The Morgan fingerprint density at radius 2 is 2.50 bits per heavy atom. The van der Waals surface area contributed by atoms with Gasteiger partial charge in [-0.2, -0.15) is 0 Å². The second-order valence-corrected chi connectivity index (χ2v) is 3.57. The van der Waals surface area contributed by atoms with E-state index in [-0.39, 0.29) is 5.97 Å². The summed E-state index contributed by atoms with van der Waals surface area (Å²) in [5.41, 5.74) is 0.137. The minimum atomic E-state index is -0.720. The van der Waals surface area contributed by atoms with E-state index in [1.807, 2.05) is 0 Å². The number of hydrogen-bond acceptors (Lipinski definition) is 4. The smallest absolute Gasteiger partial charge is 0.303 e. The molecule has 1 aliphatic heterocycles. The zero-order chi connectivity index (χ0) is 10.6. The molecule has 0 radical (unpaired) electrons. The van der Waals surface area contributed by atoms with Crippen LogP contribution in [0.1, 0.15) is 20.3 Å². The SMILES string of the molecule is CC(=O)OC1(C)C=C(CC=O)COC1. The predicted octanol–water partition coefficient (Wildman–Crippen LogP) is 0.854. The molecule has 0 spiro atoms. The molecule has 0 aromatic rings. The van der Waals surface area contributed by atoms with Gasteiger partial charge in [0.1, 0.15) is 6.29 Å². The van der Waals surface area contributed by atoms with Gasteiger partial charge in [0.2, 0.25) is 0 Å². The van der Waals surface area contributed by atoms with Crippen LogP contribution in [0, 0.1) is 0 Å². The third-order valence-electron chi connectivity index (χ3n) is 1.91. The second-order valence-electron chi connectivity index (χ2n) is 3.57. The summed E-state index contributed by atoms with van der Waals surface area (Å²) in [6.07, 6.45) is 2.94. The quantitative estimate of drug-likeness (QED) is 0.383. The van der Waals surface area contributed by atoms with Crippen LogP contribution in [0.4, 0.5) is 0 Å². The Morgan fingerprint density at radius 3 is 3.07 bits per heavy atom. The van der Waals surface area contributed by atoms with Gasteiger partial charge >= 0.3 is 5.97 Å². The summed E-state index contributed by atoms with van der Waals surface area (Å²) in [5.74, 6) is -0.347. The lowest BCUT2D eigenvalue weighted by atomic mass is 10.00. The van der Waals surface area contributed by atoms with Crippen LogP contribution < -0.4 is 0 Å². The Balaban J connectivity index is 2.72. The minimum absolute atomic E-state index is 0.330. The first kappa shape index (κ1) is 10.9. The summed E-state index contributed by atoms with van der Waals surface area (Å²) in [6.45, 7) is 3.90. The van der Waals surface area contributed by atoms with Gasteiger partial charge in [-0.15, -0.1) is 0 Å². The van der Waals surface area contributed by atoms with Crippen molar-refractivity contribution >= 4 is 12.3 Å². The van der Waals surface area contributed by atoms with Crippen molar-refractivity contribution < 1.29 is 19.1 Å². The van der Waals surface area contributed by atoms with Gasteiger partial charge in [0.05, 0.1) is 13.2 Å². The van der Waals surface area contributed by atoms with Crippen molar-refractivity contribution in [2.45, 2.75) is 25.9 Å². The Morgan fingerprint density at radius 1 is 1.79 bits per heavy atom. The molecular weight excluding hydrogens is 184 g/mol. The van der Waals surface area contributed by atoms with Gasteiger partial charge in [-0.25, -0.2) is 0 Å². The highest BCUT2D eigenvalue weighted by atomic mass is 16.6. The maximum Gasteiger partial charge on any atom is 0.303 e. The molecule has 1 heterocycles. The molecule has 4 heteroatoms. The van der Waals surface area contributed by atoms with Crippen LogP contribution in [0.15, 0.2) is 11.6 Å². The molecule has 0 N–H and O–H groups in total. The van der Waals surface area contributed by atoms with Gasteiger partial charge in [0.15, 0.2) is 5.60 Å². The molecule has 1 unspecified atom stereocenters. The lowest BCUT2D eigenvalue weighted by Gasteiger charge is -2.30. The van der Waals surface area contributed by atoms with Crippen molar-refractivity contribution in [1.29, 1.82) is 0 Å². The lowest BCUT2D eigenvalue weighted by Crippen LogP contribution is -2.37. The van der Waals surface area contributed by atoms with E-state index in [1.165, 1.54) is 6.92 Å². The van der Waals surface area contributed by atoms with Crippen molar-refractivity contribution in [1.82, 2.24) is 0 Å². The van der Waals surface area contributed by atoms with Crippen molar-refractivity contribution in [2.24, 2.45) is 0 Å². The van der Waals surface area contributed by atoms with E-state index in [2.05, 4.69) is 0 Å². The molecule has 0 aromatic carbocycles. The van der Waals surface area contributed by atoms with Gasteiger partial charge in [-0.3, -0.25) is 4.79 Å². The topological polar surface area (TPSA) is 52.6 Å². The summed E-state index contributed by atoms with van der Waals surface area (Å²) in [4.78, 5) is 21.1. The number of carbonyl (C=O) groups excluding carboxylic acids is 2. The Kier molecular flexibility index (Phi) is 3.41. The third-order valence-corrected chi connectivity index (χ3v) is 1.91. The van der Waals surface area contributed by atoms with E-state index in [4.69, 9.17) is 9.47 Å². The van der Waals surface area contributed by atoms with Crippen LogP contribution in [0.3, 0.4) is 0 Å². The highest BCUT2D eigenvalue weighted by Crippen LogP contribution is 2.22. The number of aldehydes is 1. The van der Waals surface area contributed by atoms with Crippen LogP contribution in [0.5, 0.6) is 0 Å². The molecule has 1 aliphatic rings. The average molecular weight is 198 g/mol. The Bertz CT molecular complexity index is 269. The molecule has 4 nitrogen and oxygen atoms in total. The van der Waals surface area contributed by atoms with E-state index < -0.39 is 5.60 Å². The monoisotopic (exact) mass is 198 g/mol. The van der Waals surface area contributed by atoms with Crippen molar-refractivity contribution in [3.05, 3.63) is 11.6 Å². The van der Waals surface area contributed by atoms with Gasteiger partial charge in [0.25, 0.3) is 0 Å². The fourth-order valence-electron chi connectivity index (χ4n) is 1.51. The summed E-state index contributed by atoms with van der Waals surface area (Å²) in [7, 11) is 0. The normalized spacial score (nSPS) is 26.6. The molecule has 78 valence electrons. The molecule has 1 atom stereocenters. The fraction of sp³-hybridized carbons (Fsp3) is 0.600. The highest BCUT2D eigenvalue weighted by molar-refractivity contribution is 5.67. The maximum atomic E-state index is 10.8. The Labute approximate surface area is 82.9 Å². The molecule has 0 saturated carbocycles. The fourth-order valence-corrected chi connectivity index (χ4v) is 1.51. The van der Waals surface area contributed by atoms with Crippen molar-refractivity contribution in [2.75, 3.05) is 13.2 Å². The first-order valence-electron chi connectivity index (χ1n) is 4.47. The van der Waals surface area contributed by atoms with Gasteiger partial charge in [-0.05, 0) is 18.6 Å². The maximum absolute atomic E-state index is 10.8. The molecule has 0 aliphatic carbocycles. The van der Waals surface area contributed by atoms with Crippen LogP contribution in [0.2, 0.25) is 0 Å². The third kappa shape index (κ3) is 2.96. The molecule has 1 rings (SSSR count). The molecule has 0 saturated heterocycles. The van der Waals surface area contributed by atoms with Gasteiger partial charge < -0.3 is 14.3 Å². The molecule has 0 aromatic heterocycles. The number of rotatable bonds is 3. The number of carbonyl (C=O) groups is 2. The Hall–Kier alpha value is -1.16. The first-order chi connectivity index (χ1) is 6.56. The summed E-state index contributed by atoms with van der Waals surface area (Å²) < 4.78 is 10.3. The summed E-state index contributed by atoms with van der Waals surface area (Å²) >= 11 is 0. The number of ether oxygens (including phenoxy) is 2. The summed E-state index contributed by atoms with van der Waals surface area (Å²) in [5, 5.41) is 0. The second kappa shape index (κ2) is 4.37. The van der Waals surface area contributed by atoms with Gasteiger partial charge in [-0.1, -0.05) is 0 Å². The average Bonchev–Trinajstić information content (AvgIpc) is 2.01. The first-order valence-corrected chi connectivity index (χ1v) is 4.47. The van der Waals surface area contributed by atoms with E-state index in [1.54, 1.807) is 13.0 Å². The summed E-state index contributed by atoms with van der Waals surface area (Å²) in [6, 6.07) is 0. The molecular formula is C10H14O4. The van der Waals surface area contributed by atoms with E-state index in [0.717, 1.165) is 11.9 Å². The molecule has 0 fully saturated rings. The molecule has 0 amide bonds. The van der Waals surface area contributed by atoms with Crippen LogP contribution >= 0.6 is 0 Å². The predicted molar refractivity (Wildman–Crippen MR) is 49.8 cm³/mol. The van der Waals surface area contributed by atoms with Crippen LogP contribution in [-0.2, 0) is 19.1 Å². The highest BCUT2D eigenvalue weighted by Gasteiger charge is 2.29. The van der Waals surface area contributed by atoms with E-state index in [9.17, 15) is 9.59 Å². The largest absolute Gasteiger partial charge is 0.453 e. The van der Waals surface area contributed by atoms with Crippen molar-refractivity contribution in [3.8, 4) is 0 Å². The molecule has 0 bridgehead atoms. The number of esters is 1. The molecule has 14 heavy (non-hydrogen) atoms. The van der Waals surface area contributed by atoms with Crippen LogP contribution in [-0.4, -0.2) is 31.1 Å². The van der Waals surface area contributed by atoms with Gasteiger partial charge in [0, 0.05) is 13.3 Å². The van der Waals surface area contributed by atoms with E-state index in [0.29, 0.717) is 19.6 Å². The van der Waals surface area contributed by atoms with Crippen LogP contribution in [0.25, 0.3) is 0 Å². The van der Waals surface area contributed by atoms with E-state index >= 15 is 0 Å². The standard InChI is InChI=1S/C10H14O4/c1-8(12)14-10(2)5-9(3-4-11)6-13-7-10/h4-5H,3,6-7H2,1-2H3.